The fourth-order valence-corrected chi connectivity index (χ4v) is 1.50. The van der Waals surface area contributed by atoms with Gasteiger partial charge in [-0.15, -0.1) is 0 Å². The number of alkyl halides is 3. The number of nitrogens with zero attached hydrogens (tertiary/aromatic N) is 1. The first-order valence-electron chi connectivity index (χ1n) is 5.94. The van der Waals surface area contributed by atoms with E-state index in [4.69, 9.17) is 0 Å². The van der Waals surface area contributed by atoms with Gasteiger partial charge in [0.2, 0.25) is 0 Å². The number of hydrogen-bond donors (Lipinski definition) is 1. The third-order valence-corrected chi connectivity index (χ3v) is 2.90. The Morgan fingerprint density at radius 1 is 1.12 bits per heavy atom. The second-order valence-electron chi connectivity index (χ2n) is 5.88. The molecule has 0 aromatic heterocycles. The van der Waals surface area contributed by atoms with E-state index in [0.29, 0.717) is 6.54 Å². The Kier molecular flexibility index (Phi) is 5.94. The van der Waals surface area contributed by atoms with Crippen LogP contribution in [0.15, 0.2) is 0 Å². The number of hydrogen-bond acceptors (Lipinski definition) is 2. The zero-order valence-corrected chi connectivity index (χ0v) is 11.7. The Balaban J connectivity index is 4.16. The lowest BCUT2D eigenvalue weighted by molar-refractivity contribution is -0.148. The van der Waals surface area contributed by atoms with Crippen LogP contribution in [0.25, 0.3) is 0 Å². The average Bonchev–Trinajstić information content (AvgIpc) is 2.08. The molecule has 5 heteroatoms. The van der Waals surface area contributed by atoms with Gasteiger partial charge >= 0.3 is 6.18 Å². The summed E-state index contributed by atoms with van der Waals surface area (Å²) in [7, 11) is 1.52. The van der Waals surface area contributed by atoms with Crippen LogP contribution in [-0.4, -0.2) is 42.8 Å². The predicted molar refractivity (Wildman–Crippen MR) is 65.1 cm³/mol. The van der Waals surface area contributed by atoms with E-state index in [1.165, 1.54) is 11.9 Å². The van der Waals surface area contributed by atoms with E-state index in [9.17, 15) is 13.2 Å². The molecule has 0 amide bonds. The summed E-state index contributed by atoms with van der Waals surface area (Å²) < 4.78 is 36.7. The van der Waals surface area contributed by atoms with Gasteiger partial charge < -0.3 is 5.32 Å². The largest absolute Gasteiger partial charge is 0.401 e. The van der Waals surface area contributed by atoms with E-state index in [-0.39, 0.29) is 17.5 Å². The van der Waals surface area contributed by atoms with Crippen molar-refractivity contribution in [1.29, 1.82) is 0 Å². The van der Waals surface area contributed by atoms with Crippen molar-refractivity contribution in [3.05, 3.63) is 0 Å². The number of nitrogens with one attached hydrogen (secondary N) is 1. The molecule has 2 atom stereocenters. The van der Waals surface area contributed by atoms with Crippen LogP contribution in [0, 0.1) is 5.92 Å². The molecule has 0 aliphatic carbocycles. The van der Waals surface area contributed by atoms with E-state index in [1.807, 2.05) is 34.6 Å². The molecule has 1 N–H and O–H groups in total. The van der Waals surface area contributed by atoms with Crippen LogP contribution in [0.4, 0.5) is 13.2 Å². The summed E-state index contributed by atoms with van der Waals surface area (Å²) in [6, 6.07) is -0.105. The van der Waals surface area contributed by atoms with Gasteiger partial charge in [-0.25, -0.2) is 0 Å². The molecule has 2 unspecified atom stereocenters. The summed E-state index contributed by atoms with van der Waals surface area (Å²) in [5.41, 5.74) is -0.00339. The first-order valence-corrected chi connectivity index (χ1v) is 5.94. The molecule has 104 valence electrons. The second kappa shape index (κ2) is 6.05. The maximum absolute atomic E-state index is 12.2. The molecule has 0 aliphatic rings. The highest BCUT2D eigenvalue weighted by atomic mass is 19.4. The van der Waals surface area contributed by atoms with Crippen molar-refractivity contribution in [2.75, 3.05) is 20.1 Å². The van der Waals surface area contributed by atoms with E-state index < -0.39 is 12.7 Å². The predicted octanol–water partition coefficient (Wildman–Crippen LogP) is 2.89. The molecule has 0 aliphatic heterocycles. The SMILES string of the molecule is CC(CNC(C)(C)C)C(C)N(C)CC(F)(F)F. The molecule has 0 saturated heterocycles. The van der Waals surface area contributed by atoms with Crippen LogP contribution in [0.5, 0.6) is 0 Å². The molecule has 0 aromatic carbocycles. The molecule has 0 saturated carbocycles. The molecular weight excluding hydrogens is 229 g/mol. The van der Waals surface area contributed by atoms with Gasteiger partial charge in [0.15, 0.2) is 0 Å². The Hall–Kier alpha value is -0.290. The quantitative estimate of drug-likeness (QED) is 0.811. The zero-order valence-electron chi connectivity index (χ0n) is 11.7. The maximum atomic E-state index is 12.2. The second-order valence-corrected chi connectivity index (χ2v) is 5.88. The Morgan fingerprint density at radius 3 is 1.94 bits per heavy atom. The van der Waals surface area contributed by atoms with Gasteiger partial charge in [0.05, 0.1) is 6.54 Å². The maximum Gasteiger partial charge on any atom is 0.401 e. The first kappa shape index (κ1) is 16.7. The lowest BCUT2D eigenvalue weighted by atomic mass is 10.00. The molecule has 0 rings (SSSR count). The third-order valence-electron chi connectivity index (χ3n) is 2.90. The van der Waals surface area contributed by atoms with Gasteiger partial charge in [0.25, 0.3) is 0 Å². The zero-order chi connectivity index (χ0) is 13.9. The van der Waals surface area contributed by atoms with Crippen LogP contribution in [-0.2, 0) is 0 Å². The fourth-order valence-electron chi connectivity index (χ4n) is 1.50. The molecule has 0 fully saturated rings. The topological polar surface area (TPSA) is 15.3 Å². The van der Waals surface area contributed by atoms with Crippen LogP contribution >= 0.6 is 0 Å². The van der Waals surface area contributed by atoms with E-state index >= 15 is 0 Å². The molecule has 0 spiro atoms. The summed E-state index contributed by atoms with van der Waals surface area (Å²) in [6.07, 6.45) is -4.12. The molecule has 0 radical (unpaired) electrons. The lowest BCUT2D eigenvalue weighted by Crippen LogP contribution is -2.46. The van der Waals surface area contributed by atoms with Crippen molar-refractivity contribution in [2.45, 2.75) is 52.4 Å². The normalized spacial score (nSPS) is 17.3. The Bertz CT molecular complexity index is 221. The minimum Gasteiger partial charge on any atom is -0.312 e. The summed E-state index contributed by atoms with van der Waals surface area (Å²) in [4.78, 5) is 1.36. The van der Waals surface area contributed by atoms with Crippen LogP contribution in [0.1, 0.15) is 34.6 Å². The van der Waals surface area contributed by atoms with Crippen molar-refractivity contribution in [3.63, 3.8) is 0 Å². The summed E-state index contributed by atoms with van der Waals surface area (Å²) in [5.74, 6) is 0.168. The highest BCUT2D eigenvalue weighted by Crippen LogP contribution is 2.19. The fraction of sp³-hybridized carbons (Fsp3) is 1.00. The monoisotopic (exact) mass is 254 g/mol. The standard InChI is InChI=1S/C12H25F3N2/c1-9(7-16-11(3,4)5)10(2)17(6)8-12(13,14)15/h9-10,16H,7-8H2,1-6H3. The van der Waals surface area contributed by atoms with Gasteiger partial charge in [-0.3, -0.25) is 4.90 Å². The van der Waals surface area contributed by atoms with E-state index in [2.05, 4.69) is 5.32 Å². The molecule has 17 heavy (non-hydrogen) atoms. The van der Waals surface area contributed by atoms with Crippen LogP contribution in [0.2, 0.25) is 0 Å². The molecule has 0 aromatic rings. The minimum atomic E-state index is -4.12. The molecule has 0 bridgehead atoms. The van der Waals surface area contributed by atoms with Gasteiger partial charge in [-0.05, 0) is 47.2 Å². The lowest BCUT2D eigenvalue weighted by Gasteiger charge is -2.32. The Morgan fingerprint density at radius 2 is 1.59 bits per heavy atom. The van der Waals surface area contributed by atoms with Crippen LogP contribution in [0.3, 0.4) is 0 Å². The van der Waals surface area contributed by atoms with Crippen LogP contribution < -0.4 is 5.32 Å². The van der Waals surface area contributed by atoms with Crippen molar-refractivity contribution in [2.24, 2.45) is 5.92 Å². The third kappa shape index (κ3) is 8.44. The molecular formula is C12H25F3N2. The number of halogens is 3. The van der Waals surface area contributed by atoms with Gasteiger partial charge in [0.1, 0.15) is 0 Å². The summed E-state index contributed by atoms with van der Waals surface area (Å²) in [6.45, 7) is 9.80. The van der Waals surface area contributed by atoms with Gasteiger partial charge in [-0.2, -0.15) is 13.2 Å². The summed E-state index contributed by atoms with van der Waals surface area (Å²) >= 11 is 0. The van der Waals surface area contributed by atoms with Crippen molar-refractivity contribution >= 4 is 0 Å². The van der Waals surface area contributed by atoms with Crippen molar-refractivity contribution in [1.82, 2.24) is 10.2 Å². The van der Waals surface area contributed by atoms with Gasteiger partial charge in [0, 0.05) is 11.6 Å². The summed E-state index contributed by atoms with van der Waals surface area (Å²) in [5, 5.41) is 3.31. The molecule has 2 nitrogen and oxygen atoms in total. The van der Waals surface area contributed by atoms with E-state index in [0.717, 1.165) is 0 Å². The van der Waals surface area contributed by atoms with Crippen molar-refractivity contribution < 1.29 is 13.2 Å². The number of rotatable bonds is 5. The highest BCUT2D eigenvalue weighted by molar-refractivity contribution is 4.78. The Labute approximate surface area is 103 Å². The smallest absolute Gasteiger partial charge is 0.312 e. The molecule has 0 heterocycles. The van der Waals surface area contributed by atoms with Gasteiger partial charge in [-0.1, -0.05) is 6.92 Å². The first-order chi connectivity index (χ1) is 7.42. The minimum absolute atomic E-state index is 0.00339. The van der Waals surface area contributed by atoms with E-state index in [1.54, 1.807) is 0 Å². The van der Waals surface area contributed by atoms with Crippen molar-refractivity contribution in [3.8, 4) is 0 Å². The highest BCUT2D eigenvalue weighted by Gasteiger charge is 2.32. The average molecular weight is 254 g/mol.